The molecule has 5 nitrogen and oxygen atoms in total. The molecule has 0 spiro atoms. The Hall–Kier alpha value is -3.47. The van der Waals surface area contributed by atoms with Crippen molar-refractivity contribution >= 4 is 39.2 Å². The summed E-state index contributed by atoms with van der Waals surface area (Å²) in [6.45, 7) is 0.143. The number of rotatable bonds is 5. The Morgan fingerprint density at radius 3 is 2.62 bits per heavy atom. The monoisotopic (exact) mass is 346 g/mol. The zero-order valence-corrected chi connectivity index (χ0v) is 14.3. The normalized spacial score (nSPS) is 10.8. The van der Waals surface area contributed by atoms with Crippen LogP contribution in [0.3, 0.4) is 0 Å². The number of hydrogen-bond acceptors (Lipinski definition) is 4. The summed E-state index contributed by atoms with van der Waals surface area (Å²) >= 11 is 0. The molecule has 0 aliphatic heterocycles. The van der Waals surface area contributed by atoms with E-state index in [1.165, 1.54) is 0 Å². The Bertz CT molecular complexity index is 1080. The van der Waals surface area contributed by atoms with Gasteiger partial charge in [0.1, 0.15) is 16.9 Å². The summed E-state index contributed by atoms with van der Waals surface area (Å²) in [5.74, 6) is 0.564. The molecule has 5 heteroatoms. The minimum absolute atomic E-state index is 0.136. The third-order valence-corrected chi connectivity index (χ3v) is 4.21. The first kappa shape index (κ1) is 16.0. The minimum Gasteiger partial charge on any atom is -0.495 e. The van der Waals surface area contributed by atoms with Crippen molar-refractivity contribution < 1.29 is 13.9 Å². The number of anilines is 2. The topological polar surface area (TPSA) is 63.5 Å². The Morgan fingerprint density at radius 2 is 1.73 bits per heavy atom. The summed E-state index contributed by atoms with van der Waals surface area (Å²) in [6.07, 6.45) is 0. The summed E-state index contributed by atoms with van der Waals surface area (Å²) in [5, 5.41) is 8.02. The molecule has 0 unspecified atom stereocenters. The predicted octanol–water partition coefficient (Wildman–Crippen LogP) is 4.65. The maximum absolute atomic E-state index is 12.3. The minimum atomic E-state index is -0.136. The van der Waals surface area contributed by atoms with Crippen molar-refractivity contribution in [1.82, 2.24) is 0 Å². The second kappa shape index (κ2) is 6.80. The van der Waals surface area contributed by atoms with E-state index in [4.69, 9.17) is 9.15 Å². The molecule has 26 heavy (non-hydrogen) atoms. The molecule has 0 fully saturated rings. The van der Waals surface area contributed by atoms with Crippen molar-refractivity contribution in [3.63, 3.8) is 0 Å². The van der Waals surface area contributed by atoms with Crippen LogP contribution >= 0.6 is 0 Å². The number of carbonyl (C=O) groups is 1. The van der Waals surface area contributed by atoms with Gasteiger partial charge in [-0.1, -0.05) is 30.3 Å². The largest absolute Gasteiger partial charge is 0.495 e. The van der Waals surface area contributed by atoms with Gasteiger partial charge in [-0.3, -0.25) is 4.79 Å². The van der Waals surface area contributed by atoms with E-state index in [9.17, 15) is 4.79 Å². The molecule has 1 aromatic heterocycles. The van der Waals surface area contributed by atoms with Gasteiger partial charge in [-0.15, -0.1) is 0 Å². The first-order chi connectivity index (χ1) is 12.7. The highest BCUT2D eigenvalue weighted by molar-refractivity contribution is 6.07. The van der Waals surface area contributed by atoms with E-state index in [1.807, 2.05) is 66.7 Å². The van der Waals surface area contributed by atoms with Crippen LogP contribution in [0.4, 0.5) is 11.4 Å². The van der Waals surface area contributed by atoms with Gasteiger partial charge >= 0.3 is 0 Å². The quantitative estimate of drug-likeness (QED) is 0.552. The lowest BCUT2D eigenvalue weighted by Crippen LogP contribution is -2.21. The number of nitrogens with one attached hydrogen (secondary N) is 2. The fraction of sp³-hybridized carbons (Fsp3) is 0.0952. The van der Waals surface area contributed by atoms with Crippen molar-refractivity contribution in [3.05, 3.63) is 66.7 Å². The number of carbonyl (C=O) groups excluding carboxylic acids is 1. The first-order valence-corrected chi connectivity index (χ1v) is 8.32. The molecule has 0 saturated carbocycles. The van der Waals surface area contributed by atoms with Crippen molar-refractivity contribution in [2.24, 2.45) is 0 Å². The first-order valence-electron chi connectivity index (χ1n) is 8.32. The second-order valence-corrected chi connectivity index (χ2v) is 5.91. The Labute approximate surface area is 150 Å². The fourth-order valence-electron chi connectivity index (χ4n) is 2.98. The van der Waals surface area contributed by atoms with Gasteiger partial charge in [0, 0.05) is 16.5 Å². The van der Waals surface area contributed by atoms with Crippen LogP contribution in [0.2, 0.25) is 0 Å². The molecule has 2 N–H and O–H groups in total. The smallest absolute Gasteiger partial charge is 0.243 e. The van der Waals surface area contributed by atoms with Crippen LogP contribution in [0.15, 0.2) is 71.1 Å². The van der Waals surface area contributed by atoms with E-state index >= 15 is 0 Å². The van der Waals surface area contributed by atoms with Gasteiger partial charge in [-0.25, -0.2) is 0 Å². The number of methoxy groups -OCH3 is 1. The van der Waals surface area contributed by atoms with E-state index in [0.717, 1.165) is 33.3 Å². The number of benzene rings is 3. The summed E-state index contributed by atoms with van der Waals surface area (Å²) in [6, 6.07) is 21.0. The van der Waals surface area contributed by atoms with Crippen LogP contribution < -0.4 is 15.4 Å². The van der Waals surface area contributed by atoms with Crippen LogP contribution in [0.5, 0.6) is 5.75 Å². The molecule has 0 atom stereocenters. The molecule has 4 rings (SSSR count). The second-order valence-electron chi connectivity index (χ2n) is 5.91. The summed E-state index contributed by atoms with van der Waals surface area (Å²) in [5.41, 5.74) is 3.15. The number of hydrogen-bond donors (Lipinski definition) is 2. The Kier molecular flexibility index (Phi) is 4.19. The molecule has 130 valence electrons. The highest BCUT2D eigenvalue weighted by Crippen LogP contribution is 2.30. The van der Waals surface area contributed by atoms with E-state index in [1.54, 1.807) is 7.11 Å². The molecular weight excluding hydrogens is 328 g/mol. The third kappa shape index (κ3) is 3.07. The van der Waals surface area contributed by atoms with Crippen LogP contribution in [-0.4, -0.2) is 19.6 Å². The maximum atomic E-state index is 12.3. The lowest BCUT2D eigenvalue weighted by atomic mass is 10.1. The van der Waals surface area contributed by atoms with Gasteiger partial charge in [0.15, 0.2) is 0 Å². The van der Waals surface area contributed by atoms with Gasteiger partial charge in [0.2, 0.25) is 5.91 Å². The number of para-hydroxylation sites is 3. The fourth-order valence-corrected chi connectivity index (χ4v) is 2.98. The van der Waals surface area contributed by atoms with Gasteiger partial charge in [-0.05, 0) is 36.4 Å². The van der Waals surface area contributed by atoms with Gasteiger partial charge in [0.05, 0.1) is 19.3 Å². The molecule has 4 aromatic rings. The third-order valence-electron chi connectivity index (χ3n) is 4.21. The summed E-state index contributed by atoms with van der Waals surface area (Å²) in [7, 11) is 1.60. The molecule has 0 aliphatic rings. The van der Waals surface area contributed by atoms with Crippen LogP contribution in [0, 0.1) is 0 Å². The molecule has 0 saturated heterocycles. The Morgan fingerprint density at radius 1 is 0.962 bits per heavy atom. The molecular formula is C21H18N2O3. The zero-order valence-electron chi connectivity index (χ0n) is 14.3. The number of furan rings is 1. The van der Waals surface area contributed by atoms with E-state index < -0.39 is 0 Å². The van der Waals surface area contributed by atoms with Crippen molar-refractivity contribution in [2.45, 2.75) is 0 Å². The lowest BCUT2D eigenvalue weighted by Gasteiger charge is -2.11. The molecule has 1 amide bonds. The average Bonchev–Trinajstić information content (AvgIpc) is 3.04. The molecule has 1 heterocycles. The van der Waals surface area contributed by atoms with Crippen molar-refractivity contribution in [1.29, 1.82) is 0 Å². The molecule has 0 radical (unpaired) electrons. The van der Waals surface area contributed by atoms with Gasteiger partial charge < -0.3 is 19.8 Å². The van der Waals surface area contributed by atoms with Crippen molar-refractivity contribution in [2.75, 3.05) is 24.3 Å². The SMILES string of the molecule is COc1ccccc1NCC(=O)Nc1ccc2oc3ccccc3c2c1. The highest BCUT2D eigenvalue weighted by atomic mass is 16.5. The van der Waals surface area contributed by atoms with E-state index in [-0.39, 0.29) is 12.5 Å². The molecule has 0 bridgehead atoms. The number of ether oxygens (including phenoxy) is 1. The van der Waals surface area contributed by atoms with Gasteiger partial charge in [0.25, 0.3) is 0 Å². The predicted molar refractivity (Wildman–Crippen MR) is 104 cm³/mol. The lowest BCUT2D eigenvalue weighted by molar-refractivity contribution is -0.114. The highest BCUT2D eigenvalue weighted by Gasteiger charge is 2.09. The van der Waals surface area contributed by atoms with Crippen LogP contribution in [0.1, 0.15) is 0 Å². The number of amides is 1. The summed E-state index contributed by atoms with van der Waals surface area (Å²) < 4.78 is 11.1. The van der Waals surface area contributed by atoms with Crippen LogP contribution in [0.25, 0.3) is 21.9 Å². The van der Waals surface area contributed by atoms with Gasteiger partial charge in [-0.2, -0.15) is 0 Å². The number of fused-ring (bicyclic) bond motifs is 3. The van der Waals surface area contributed by atoms with Crippen molar-refractivity contribution in [3.8, 4) is 5.75 Å². The molecule has 0 aliphatic carbocycles. The van der Waals surface area contributed by atoms with E-state index in [0.29, 0.717) is 5.75 Å². The zero-order chi connectivity index (χ0) is 17.9. The van der Waals surface area contributed by atoms with E-state index in [2.05, 4.69) is 10.6 Å². The van der Waals surface area contributed by atoms with Crippen LogP contribution in [-0.2, 0) is 4.79 Å². The molecule has 3 aromatic carbocycles. The summed E-state index contributed by atoms with van der Waals surface area (Å²) in [4.78, 5) is 12.3. The maximum Gasteiger partial charge on any atom is 0.243 e. The Balaban J connectivity index is 1.49. The standard InChI is InChI=1S/C21H18N2O3/c1-25-20-9-5-3-7-17(20)22-13-21(24)23-14-10-11-19-16(12-14)15-6-2-4-8-18(15)26-19/h2-12,22H,13H2,1H3,(H,23,24). The average molecular weight is 346 g/mol.